The molecule has 120 valence electrons. The second-order valence-corrected chi connectivity index (χ2v) is 5.96. The third-order valence-electron chi connectivity index (χ3n) is 3.53. The molecule has 0 saturated carbocycles. The third kappa shape index (κ3) is 6.49. The molecule has 3 nitrogen and oxygen atoms in total. The van der Waals surface area contributed by atoms with Crippen LogP contribution in [0.4, 0.5) is 0 Å². The Kier molecular flexibility index (Phi) is 8.40. The van der Waals surface area contributed by atoms with Gasteiger partial charge in [0.05, 0.1) is 7.11 Å². The van der Waals surface area contributed by atoms with Crippen LogP contribution in [0.25, 0.3) is 0 Å². The summed E-state index contributed by atoms with van der Waals surface area (Å²) in [4.78, 5) is 2.51. The van der Waals surface area contributed by atoms with Crippen LogP contribution in [-0.4, -0.2) is 31.1 Å². The van der Waals surface area contributed by atoms with Crippen LogP contribution >= 0.6 is 0 Å². The predicted octanol–water partition coefficient (Wildman–Crippen LogP) is 3.82. The fourth-order valence-corrected chi connectivity index (χ4v) is 2.53. The summed E-state index contributed by atoms with van der Waals surface area (Å²) in [5.41, 5.74) is 2.62. The van der Waals surface area contributed by atoms with E-state index in [1.807, 2.05) is 0 Å². The molecule has 0 amide bonds. The number of rotatable bonds is 10. The van der Waals surface area contributed by atoms with Crippen molar-refractivity contribution in [1.29, 1.82) is 0 Å². The molecule has 0 aliphatic carbocycles. The van der Waals surface area contributed by atoms with Gasteiger partial charge in [-0.05, 0) is 43.6 Å². The molecular weight excluding hydrogens is 260 g/mol. The van der Waals surface area contributed by atoms with E-state index < -0.39 is 0 Å². The molecule has 1 rings (SSSR count). The SMILES string of the molecule is CCCN(CCC)Cc1cc(CNC(C)C)ccc1OC. The van der Waals surface area contributed by atoms with Crippen molar-refractivity contribution in [1.82, 2.24) is 10.2 Å². The zero-order valence-electron chi connectivity index (χ0n) is 14.4. The summed E-state index contributed by atoms with van der Waals surface area (Å²) in [7, 11) is 1.76. The number of ether oxygens (including phenoxy) is 1. The van der Waals surface area contributed by atoms with Gasteiger partial charge in [-0.2, -0.15) is 0 Å². The van der Waals surface area contributed by atoms with Gasteiger partial charge in [-0.15, -0.1) is 0 Å². The molecule has 0 unspecified atom stereocenters. The van der Waals surface area contributed by atoms with Crippen LogP contribution in [0.5, 0.6) is 5.75 Å². The minimum absolute atomic E-state index is 0.507. The highest BCUT2D eigenvalue weighted by molar-refractivity contribution is 5.37. The fourth-order valence-electron chi connectivity index (χ4n) is 2.53. The molecule has 0 fully saturated rings. The maximum Gasteiger partial charge on any atom is 0.123 e. The Morgan fingerprint density at radius 2 is 1.81 bits per heavy atom. The Morgan fingerprint density at radius 1 is 1.14 bits per heavy atom. The topological polar surface area (TPSA) is 24.5 Å². The quantitative estimate of drug-likeness (QED) is 0.709. The molecule has 0 aliphatic rings. The summed E-state index contributed by atoms with van der Waals surface area (Å²) >= 11 is 0. The van der Waals surface area contributed by atoms with Crippen LogP contribution in [0, 0.1) is 0 Å². The standard InChI is InChI=1S/C18H32N2O/c1-6-10-20(11-7-2)14-17-12-16(13-19-15(3)4)8-9-18(17)21-5/h8-9,12,15,19H,6-7,10-11,13-14H2,1-5H3. The lowest BCUT2D eigenvalue weighted by Crippen LogP contribution is -2.25. The lowest BCUT2D eigenvalue weighted by atomic mass is 10.1. The minimum Gasteiger partial charge on any atom is -0.496 e. The molecule has 0 bridgehead atoms. The number of hydrogen-bond acceptors (Lipinski definition) is 3. The molecule has 1 aromatic rings. The third-order valence-corrected chi connectivity index (χ3v) is 3.53. The summed E-state index contributed by atoms with van der Waals surface area (Å²) in [5, 5.41) is 3.48. The van der Waals surface area contributed by atoms with Crippen LogP contribution < -0.4 is 10.1 Å². The van der Waals surface area contributed by atoms with Gasteiger partial charge in [0, 0.05) is 24.7 Å². The predicted molar refractivity (Wildman–Crippen MR) is 90.8 cm³/mol. The van der Waals surface area contributed by atoms with E-state index in [9.17, 15) is 0 Å². The van der Waals surface area contributed by atoms with E-state index in [-0.39, 0.29) is 0 Å². The summed E-state index contributed by atoms with van der Waals surface area (Å²) in [6.07, 6.45) is 2.38. The highest BCUT2D eigenvalue weighted by Crippen LogP contribution is 2.22. The first-order valence-electron chi connectivity index (χ1n) is 8.22. The van der Waals surface area contributed by atoms with Crippen LogP contribution in [0.2, 0.25) is 0 Å². The van der Waals surface area contributed by atoms with Crippen LogP contribution in [0.1, 0.15) is 51.7 Å². The average molecular weight is 292 g/mol. The Hall–Kier alpha value is -1.06. The molecule has 1 N–H and O–H groups in total. The highest BCUT2D eigenvalue weighted by Gasteiger charge is 2.10. The van der Waals surface area contributed by atoms with E-state index in [1.165, 1.54) is 24.0 Å². The van der Waals surface area contributed by atoms with Gasteiger partial charge < -0.3 is 10.1 Å². The van der Waals surface area contributed by atoms with Crippen molar-refractivity contribution < 1.29 is 4.74 Å². The zero-order chi connectivity index (χ0) is 15.7. The van der Waals surface area contributed by atoms with Gasteiger partial charge in [0.25, 0.3) is 0 Å². The van der Waals surface area contributed by atoms with E-state index in [0.717, 1.165) is 31.9 Å². The first-order valence-corrected chi connectivity index (χ1v) is 8.22. The molecule has 0 aliphatic heterocycles. The summed E-state index contributed by atoms with van der Waals surface area (Å²) in [5.74, 6) is 1.00. The summed E-state index contributed by atoms with van der Waals surface area (Å²) in [6.45, 7) is 13.0. The molecule has 0 aromatic heterocycles. The maximum absolute atomic E-state index is 5.54. The van der Waals surface area contributed by atoms with Crippen molar-refractivity contribution in [3.8, 4) is 5.75 Å². The lowest BCUT2D eigenvalue weighted by Gasteiger charge is -2.22. The molecule has 0 atom stereocenters. The second-order valence-electron chi connectivity index (χ2n) is 5.96. The summed E-state index contributed by atoms with van der Waals surface area (Å²) in [6, 6.07) is 7.05. The molecule has 1 aromatic carbocycles. The van der Waals surface area contributed by atoms with Crippen molar-refractivity contribution in [3.05, 3.63) is 29.3 Å². The first kappa shape index (κ1) is 18.0. The molecular formula is C18H32N2O. The molecule has 0 saturated heterocycles. The van der Waals surface area contributed by atoms with Crippen molar-refractivity contribution in [2.24, 2.45) is 0 Å². The molecule has 21 heavy (non-hydrogen) atoms. The Balaban J connectivity index is 2.82. The molecule has 0 heterocycles. The van der Waals surface area contributed by atoms with Gasteiger partial charge in [-0.25, -0.2) is 0 Å². The monoisotopic (exact) mass is 292 g/mol. The number of nitrogens with zero attached hydrogens (tertiary/aromatic N) is 1. The van der Waals surface area contributed by atoms with Crippen molar-refractivity contribution in [2.45, 2.75) is 59.7 Å². The Morgan fingerprint density at radius 3 is 2.33 bits per heavy atom. The number of nitrogens with one attached hydrogen (secondary N) is 1. The Labute approximate surface area is 130 Å². The van der Waals surface area contributed by atoms with Gasteiger partial charge in [0.15, 0.2) is 0 Å². The maximum atomic E-state index is 5.54. The molecule has 3 heteroatoms. The number of benzene rings is 1. The first-order chi connectivity index (χ1) is 10.1. The van der Waals surface area contributed by atoms with Gasteiger partial charge in [0.2, 0.25) is 0 Å². The van der Waals surface area contributed by atoms with E-state index >= 15 is 0 Å². The number of methoxy groups -OCH3 is 1. The second kappa shape index (κ2) is 9.80. The van der Waals surface area contributed by atoms with E-state index in [2.05, 4.69) is 56.1 Å². The van der Waals surface area contributed by atoms with Gasteiger partial charge in [-0.3, -0.25) is 4.90 Å². The summed E-state index contributed by atoms with van der Waals surface area (Å²) < 4.78 is 5.54. The molecule has 0 radical (unpaired) electrons. The molecule has 0 spiro atoms. The highest BCUT2D eigenvalue weighted by atomic mass is 16.5. The van der Waals surface area contributed by atoms with Crippen molar-refractivity contribution >= 4 is 0 Å². The van der Waals surface area contributed by atoms with Crippen molar-refractivity contribution in [2.75, 3.05) is 20.2 Å². The van der Waals surface area contributed by atoms with Gasteiger partial charge in [-0.1, -0.05) is 33.8 Å². The largest absolute Gasteiger partial charge is 0.496 e. The minimum atomic E-state index is 0.507. The zero-order valence-corrected chi connectivity index (χ0v) is 14.4. The van der Waals surface area contributed by atoms with E-state index in [1.54, 1.807) is 7.11 Å². The number of hydrogen-bond donors (Lipinski definition) is 1. The smallest absolute Gasteiger partial charge is 0.123 e. The van der Waals surface area contributed by atoms with E-state index in [4.69, 9.17) is 4.74 Å². The van der Waals surface area contributed by atoms with Crippen molar-refractivity contribution in [3.63, 3.8) is 0 Å². The van der Waals surface area contributed by atoms with Crippen LogP contribution in [0.15, 0.2) is 18.2 Å². The van der Waals surface area contributed by atoms with Crippen LogP contribution in [-0.2, 0) is 13.1 Å². The van der Waals surface area contributed by atoms with Gasteiger partial charge >= 0.3 is 0 Å². The fraction of sp³-hybridized carbons (Fsp3) is 0.667. The van der Waals surface area contributed by atoms with E-state index in [0.29, 0.717) is 6.04 Å². The Bertz CT molecular complexity index is 398. The average Bonchev–Trinajstić information content (AvgIpc) is 2.46. The normalized spacial score (nSPS) is 11.4. The lowest BCUT2D eigenvalue weighted by molar-refractivity contribution is 0.262. The van der Waals surface area contributed by atoms with Gasteiger partial charge in [0.1, 0.15) is 5.75 Å². The van der Waals surface area contributed by atoms with Crippen LogP contribution in [0.3, 0.4) is 0 Å².